The lowest BCUT2D eigenvalue weighted by Gasteiger charge is -2.14. The second kappa shape index (κ2) is 14.0. The summed E-state index contributed by atoms with van der Waals surface area (Å²) in [6, 6.07) is 28.0. The molecule has 0 spiro atoms. The van der Waals surface area contributed by atoms with Crippen molar-refractivity contribution in [2.45, 2.75) is 24.2 Å². The quantitative estimate of drug-likeness (QED) is 0.167. The van der Waals surface area contributed by atoms with Crippen molar-refractivity contribution in [2.75, 3.05) is 22.1 Å². The number of thioether (sulfide) groups is 2. The normalized spacial score (nSPS) is 10.8. The number of benzene rings is 3. The van der Waals surface area contributed by atoms with E-state index in [-0.39, 0.29) is 34.4 Å². The molecule has 0 aliphatic heterocycles. The van der Waals surface area contributed by atoms with Gasteiger partial charge in [-0.2, -0.15) is 0 Å². The van der Waals surface area contributed by atoms with Gasteiger partial charge >= 0.3 is 0 Å². The highest BCUT2D eigenvalue weighted by molar-refractivity contribution is 8.00. The molecule has 0 saturated heterocycles. The van der Waals surface area contributed by atoms with Crippen LogP contribution in [-0.4, -0.2) is 42.4 Å². The molecule has 10 nitrogen and oxygen atoms in total. The standard InChI is InChI=1S/C32H28N6O4S2/c1-21-17-29(41)37(23-11-5-3-6-12-23)31(33-21)43-19-27(39)35-25-15-9-10-16-26(25)36-28(40)20-44-32-34-22(2)18-30(42)38(32)24-13-7-4-8-14-24/h3-18H,19-20H2,1-2H3,(H,35,39)(H,36,40). The molecule has 0 radical (unpaired) electrons. The SMILES string of the molecule is Cc1cc(=O)n(-c2ccccc2)c(SCC(=O)Nc2ccccc2NC(=O)CSc2nc(C)cc(=O)n2-c2ccccc2)n1. The number of aromatic nitrogens is 4. The van der Waals surface area contributed by atoms with E-state index >= 15 is 0 Å². The number of hydrogen-bond donors (Lipinski definition) is 2. The first-order valence-corrected chi connectivity index (χ1v) is 15.5. The summed E-state index contributed by atoms with van der Waals surface area (Å²) in [5.74, 6) is -0.706. The Morgan fingerprint density at radius 2 is 0.977 bits per heavy atom. The Labute approximate surface area is 261 Å². The summed E-state index contributed by atoms with van der Waals surface area (Å²) >= 11 is 2.28. The molecule has 2 N–H and O–H groups in total. The topological polar surface area (TPSA) is 128 Å². The van der Waals surface area contributed by atoms with Gasteiger partial charge in [0.1, 0.15) is 0 Å². The highest BCUT2D eigenvalue weighted by Gasteiger charge is 2.16. The van der Waals surface area contributed by atoms with Crippen molar-refractivity contribution >= 4 is 46.7 Å². The van der Waals surface area contributed by atoms with E-state index in [1.54, 1.807) is 62.4 Å². The van der Waals surface area contributed by atoms with Gasteiger partial charge in [0.05, 0.1) is 34.3 Å². The molecule has 12 heteroatoms. The van der Waals surface area contributed by atoms with Crippen LogP contribution < -0.4 is 21.8 Å². The largest absolute Gasteiger partial charge is 0.324 e. The Kier molecular flexibility index (Phi) is 9.72. The van der Waals surface area contributed by atoms with Crippen LogP contribution >= 0.6 is 23.5 Å². The molecule has 2 amide bonds. The number of carbonyl (C=O) groups is 2. The molecule has 0 unspecified atom stereocenters. The summed E-state index contributed by atoms with van der Waals surface area (Å²) < 4.78 is 2.94. The van der Waals surface area contributed by atoms with Crippen molar-refractivity contribution in [2.24, 2.45) is 0 Å². The van der Waals surface area contributed by atoms with Crippen LogP contribution in [0.2, 0.25) is 0 Å². The van der Waals surface area contributed by atoms with E-state index in [1.165, 1.54) is 21.3 Å². The zero-order valence-electron chi connectivity index (χ0n) is 23.9. The average Bonchev–Trinajstić information content (AvgIpc) is 3.00. The number of nitrogens with zero attached hydrogens (tertiary/aromatic N) is 4. The Morgan fingerprint density at radius 3 is 1.36 bits per heavy atom. The molecule has 3 aromatic carbocycles. The molecule has 2 heterocycles. The fourth-order valence-electron chi connectivity index (χ4n) is 4.30. The summed E-state index contributed by atoms with van der Waals surface area (Å²) in [6.45, 7) is 3.46. The van der Waals surface area contributed by atoms with E-state index < -0.39 is 0 Å². The molecule has 0 aliphatic carbocycles. The third-order valence-corrected chi connectivity index (χ3v) is 8.08. The minimum absolute atomic E-state index is 0.0170. The highest BCUT2D eigenvalue weighted by Crippen LogP contribution is 2.24. The van der Waals surface area contributed by atoms with Crippen LogP contribution in [0.3, 0.4) is 0 Å². The van der Waals surface area contributed by atoms with E-state index in [0.29, 0.717) is 44.5 Å². The Bertz CT molecular complexity index is 1790. The maximum absolute atomic E-state index is 13.0. The van der Waals surface area contributed by atoms with Crippen LogP contribution in [0.25, 0.3) is 11.4 Å². The summed E-state index contributed by atoms with van der Waals surface area (Å²) in [7, 11) is 0. The van der Waals surface area contributed by atoms with Crippen molar-refractivity contribution in [1.82, 2.24) is 19.1 Å². The first-order valence-electron chi connectivity index (χ1n) is 13.5. The van der Waals surface area contributed by atoms with Gasteiger partial charge in [0.25, 0.3) is 11.1 Å². The summed E-state index contributed by atoms with van der Waals surface area (Å²) in [6.07, 6.45) is 0. The number of hydrogen-bond acceptors (Lipinski definition) is 8. The molecular formula is C32H28N6O4S2. The summed E-state index contributed by atoms with van der Waals surface area (Å²) in [5, 5.41) is 6.47. The maximum atomic E-state index is 13.0. The maximum Gasteiger partial charge on any atom is 0.258 e. The van der Waals surface area contributed by atoms with Gasteiger partial charge in [0.15, 0.2) is 10.3 Å². The number of aryl methyl sites for hydroxylation is 2. The van der Waals surface area contributed by atoms with Crippen molar-refractivity contribution in [1.29, 1.82) is 0 Å². The van der Waals surface area contributed by atoms with Gasteiger partial charge in [-0.3, -0.25) is 28.3 Å². The predicted molar refractivity (Wildman–Crippen MR) is 174 cm³/mol. The van der Waals surface area contributed by atoms with Crippen LogP contribution in [0.15, 0.2) is 117 Å². The van der Waals surface area contributed by atoms with Gasteiger partial charge in [0.2, 0.25) is 11.8 Å². The molecule has 0 bridgehead atoms. The lowest BCUT2D eigenvalue weighted by molar-refractivity contribution is -0.114. The smallest absolute Gasteiger partial charge is 0.258 e. The van der Waals surface area contributed by atoms with Gasteiger partial charge in [-0.15, -0.1) is 0 Å². The molecule has 0 atom stereocenters. The first-order chi connectivity index (χ1) is 21.3. The molecule has 222 valence electrons. The van der Waals surface area contributed by atoms with Crippen molar-refractivity contribution in [3.05, 3.63) is 129 Å². The minimum Gasteiger partial charge on any atom is -0.324 e. The lowest BCUT2D eigenvalue weighted by Crippen LogP contribution is -2.23. The van der Waals surface area contributed by atoms with Crippen molar-refractivity contribution in [3.8, 4) is 11.4 Å². The second-order valence-corrected chi connectivity index (χ2v) is 11.5. The number of rotatable bonds is 10. The fourth-order valence-corrected chi connectivity index (χ4v) is 6.03. The van der Waals surface area contributed by atoms with E-state index in [2.05, 4.69) is 20.6 Å². The van der Waals surface area contributed by atoms with Gasteiger partial charge in [-0.25, -0.2) is 9.97 Å². The minimum atomic E-state index is -0.336. The van der Waals surface area contributed by atoms with Crippen LogP contribution in [0, 0.1) is 13.8 Å². The molecular weight excluding hydrogens is 597 g/mol. The van der Waals surface area contributed by atoms with Crippen molar-refractivity contribution in [3.63, 3.8) is 0 Å². The predicted octanol–water partition coefficient (Wildman–Crippen LogP) is 4.86. The third kappa shape index (κ3) is 7.52. The first kappa shape index (κ1) is 30.5. The third-order valence-electron chi connectivity index (χ3n) is 6.20. The zero-order chi connectivity index (χ0) is 31.1. The van der Waals surface area contributed by atoms with Crippen LogP contribution in [-0.2, 0) is 9.59 Å². The lowest BCUT2D eigenvalue weighted by atomic mass is 10.2. The Hall–Kier alpha value is -4.94. The molecule has 0 saturated carbocycles. The van der Waals surface area contributed by atoms with Gasteiger partial charge < -0.3 is 10.6 Å². The number of carbonyl (C=O) groups excluding carboxylic acids is 2. The molecule has 5 rings (SSSR count). The zero-order valence-corrected chi connectivity index (χ0v) is 25.5. The number of amides is 2. The van der Waals surface area contributed by atoms with Gasteiger partial charge in [-0.05, 0) is 50.2 Å². The van der Waals surface area contributed by atoms with Crippen LogP contribution in [0.4, 0.5) is 11.4 Å². The second-order valence-electron chi connectivity index (χ2n) is 9.60. The van der Waals surface area contributed by atoms with E-state index in [4.69, 9.17) is 0 Å². The molecule has 44 heavy (non-hydrogen) atoms. The van der Waals surface area contributed by atoms with E-state index in [1.807, 2.05) is 36.4 Å². The van der Waals surface area contributed by atoms with Crippen molar-refractivity contribution < 1.29 is 9.59 Å². The van der Waals surface area contributed by atoms with Crippen LogP contribution in [0.5, 0.6) is 0 Å². The Morgan fingerprint density at radius 1 is 0.614 bits per heavy atom. The van der Waals surface area contributed by atoms with E-state index in [0.717, 1.165) is 23.5 Å². The number of nitrogens with one attached hydrogen (secondary N) is 2. The van der Waals surface area contributed by atoms with E-state index in [9.17, 15) is 19.2 Å². The van der Waals surface area contributed by atoms with Crippen LogP contribution in [0.1, 0.15) is 11.4 Å². The molecule has 2 aromatic heterocycles. The van der Waals surface area contributed by atoms with Gasteiger partial charge in [0, 0.05) is 23.5 Å². The molecule has 0 fully saturated rings. The molecule has 0 aliphatic rings. The summed E-state index contributed by atoms with van der Waals surface area (Å²) in [5.41, 5.74) is 2.78. The number of para-hydroxylation sites is 4. The summed E-state index contributed by atoms with van der Waals surface area (Å²) in [4.78, 5) is 60.5. The highest BCUT2D eigenvalue weighted by atomic mass is 32.2. The fraction of sp³-hybridized carbons (Fsp3) is 0.125. The monoisotopic (exact) mass is 624 g/mol. The Balaban J connectivity index is 1.25. The average molecular weight is 625 g/mol. The van der Waals surface area contributed by atoms with Gasteiger partial charge in [-0.1, -0.05) is 72.1 Å². The molecule has 5 aromatic rings. The number of anilines is 2.